The van der Waals surface area contributed by atoms with Crippen molar-refractivity contribution in [3.05, 3.63) is 59.7 Å². The number of ether oxygens (including phenoxy) is 1. The third-order valence-electron chi connectivity index (χ3n) is 3.64. The van der Waals surface area contributed by atoms with Crippen LogP contribution >= 0.6 is 0 Å². The summed E-state index contributed by atoms with van der Waals surface area (Å²) in [5.74, 6) is 0.0596. The first kappa shape index (κ1) is 18.5. The molecular weight excluding hydrogens is 318 g/mol. The van der Waals surface area contributed by atoms with Crippen molar-refractivity contribution in [2.24, 2.45) is 0 Å². The third kappa shape index (κ3) is 5.64. The molecule has 0 saturated carbocycles. The SMILES string of the molecule is CCCNC(=O)CCCOc1ccc(C(=O)c2ccccc2)cc1O. The van der Waals surface area contributed by atoms with E-state index in [0.29, 0.717) is 42.9 Å². The maximum absolute atomic E-state index is 12.3. The van der Waals surface area contributed by atoms with Crippen LogP contribution in [0.2, 0.25) is 0 Å². The molecule has 0 aromatic heterocycles. The molecule has 0 aliphatic heterocycles. The van der Waals surface area contributed by atoms with Gasteiger partial charge in [0, 0.05) is 24.1 Å². The Kier molecular flexibility index (Phi) is 7.01. The first-order valence-electron chi connectivity index (χ1n) is 8.44. The number of ketones is 1. The zero-order valence-corrected chi connectivity index (χ0v) is 14.3. The summed E-state index contributed by atoms with van der Waals surface area (Å²) in [6.07, 6.45) is 1.84. The van der Waals surface area contributed by atoms with Gasteiger partial charge in [-0.2, -0.15) is 0 Å². The zero-order valence-electron chi connectivity index (χ0n) is 14.3. The summed E-state index contributed by atoms with van der Waals surface area (Å²) in [6.45, 7) is 2.99. The fraction of sp³-hybridized carbons (Fsp3) is 0.300. The number of carbonyl (C=O) groups excluding carboxylic acids is 2. The Labute approximate surface area is 147 Å². The van der Waals surface area contributed by atoms with Crippen LogP contribution in [0, 0.1) is 0 Å². The second-order valence-electron chi connectivity index (χ2n) is 5.68. The number of aromatic hydroxyl groups is 1. The van der Waals surface area contributed by atoms with Crippen LogP contribution in [0.15, 0.2) is 48.5 Å². The van der Waals surface area contributed by atoms with Crippen molar-refractivity contribution in [1.82, 2.24) is 5.32 Å². The van der Waals surface area contributed by atoms with Gasteiger partial charge in [0.25, 0.3) is 0 Å². The molecule has 132 valence electrons. The van der Waals surface area contributed by atoms with Crippen molar-refractivity contribution in [1.29, 1.82) is 0 Å². The predicted molar refractivity (Wildman–Crippen MR) is 96.0 cm³/mol. The molecule has 2 aromatic rings. The van der Waals surface area contributed by atoms with Gasteiger partial charge in [0.2, 0.25) is 5.91 Å². The second kappa shape index (κ2) is 9.47. The summed E-state index contributed by atoms with van der Waals surface area (Å²) < 4.78 is 5.49. The first-order valence-corrected chi connectivity index (χ1v) is 8.44. The molecular formula is C20H23NO4. The number of hydrogen-bond acceptors (Lipinski definition) is 4. The Morgan fingerprint density at radius 2 is 1.84 bits per heavy atom. The quantitative estimate of drug-likeness (QED) is 0.542. The molecule has 1 amide bonds. The molecule has 5 nitrogen and oxygen atoms in total. The Hall–Kier alpha value is -2.82. The summed E-state index contributed by atoms with van der Waals surface area (Å²) in [7, 11) is 0. The molecule has 5 heteroatoms. The summed E-state index contributed by atoms with van der Waals surface area (Å²) in [6, 6.07) is 13.5. The Morgan fingerprint density at radius 3 is 2.52 bits per heavy atom. The molecule has 0 radical (unpaired) electrons. The standard InChI is InChI=1S/C20H23NO4/c1-2-12-21-19(23)9-6-13-25-18-11-10-16(14-17(18)22)20(24)15-7-4-3-5-8-15/h3-5,7-8,10-11,14,22H,2,6,9,12-13H2,1H3,(H,21,23). The van der Waals surface area contributed by atoms with Crippen LogP contribution in [0.4, 0.5) is 0 Å². The predicted octanol–water partition coefficient (Wildman–Crippen LogP) is 3.31. The van der Waals surface area contributed by atoms with Gasteiger partial charge in [0.05, 0.1) is 6.61 Å². The number of nitrogens with one attached hydrogen (secondary N) is 1. The molecule has 0 aliphatic rings. The van der Waals surface area contributed by atoms with Crippen LogP contribution in [-0.2, 0) is 4.79 Å². The third-order valence-corrected chi connectivity index (χ3v) is 3.64. The van der Waals surface area contributed by atoms with E-state index in [0.717, 1.165) is 6.42 Å². The smallest absolute Gasteiger partial charge is 0.220 e. The molecule has 2 rings (SSSR count). The molecule has 0 heterocycles. The highest BCUT2D eigenvalue weighted by molar-refractivity contribution is 6.09. The minimum atomic E-state index is -0.157. The van der Waals surface area contributed by atoms with E-state index in [-0.39, 0.29) is 17.4 Å². The monoisotopic (exact) mass is 341 g/mol. The van der Waals surface area contributed by atoms with Crippen LogP contribution in [-0.4, -0.2) is 29.9 Å². The average molecular weight is 341 g/mol. The second-order valence-corrected chi connectivity index (χ2v) is 5.68. The number of benzene rings is 2. The number of hydrogen-bond donors (Lipinski definition) is 2. The maximum atomic E-state index is 12.3. The van der Waals surface area contributed by atoms with Crippen LogP contribution in [0.3, 0.4) is 0 Å². The van der Waals surface area contributed by atoms with Crippen molar-refractivity contribution in [3.8, 4) is 11.5 Å². The van der Waals surface area contributed by atoms with Gasteiger partial charge in [-0.1, -0.05) is 37.3 Å². The van der Waals surface area contributed by atoms with Gasteiger partial charge in [-0.15, -0.1) is 0 Å². The maximum Gasteiger partial charge on any atom is 0.220 e. The topological polar surface area (TPSA) is 75.6 Å². The van der Waals surface area contributed by atoms with Gasteiger partial charge in [0.15, 0.2) is 17.3 Å². The average Bonchev–Trinajstić information content (AvgIpc) is 2.64. The van der Waals surface area contributed by atoms with Crippen molar-refractivity contribution < 1.29 is 19.4 Å². The lowest BCUT2D eigenvalue weighted by Gasteiger charge is -2.09. The zero-order chi connectivity index (χ0) is 18.1. The molecule has 0 aliphatic carbocycles. The summed E-state index contributed by atoms with van der Waals surface area (Å²) in [5.41, 5.74) is 0.962. The Bertz CT molecular complexity index is 713. The Balaban J connectivity index is 1.87. The molecule has 0 bridgehead atoms. The number of carbonyl (C=O) groups is 2. The molecule has 2 N–H and O–H groups in total. The molecule has 25 heavy (non-hydrogen) atoms. The van der Waals surface area contributed by atoms with E-state index in [1.54, 1.807) is 36.4 Å². The van der Waals surface area contributed by atoms with Crippen molar-refractivity contribution in [2.45, 2.75) is 26.2 Å². The van der Waals surface area contributed by atoms with E-state index >= 15 is 0 Å². The summed E-state index contributed by atoms with van der Waals surface area (Å²) in [4.78, 5) is 23.8. The minimum Gasteiger partial charge on any atom is -0.504 e. The number of phenols is 1. The molecule has 0 spiro atoms. The highest BCUT2D eigenvalue weighted by Crippen LogP contribution is 2.28. The van der Waals surface area contributed by atoms with Gasteiger partial charge >= 0.3 is 0 Å². The van der Waals surface area contributed by atoms with Crippen LogP contribution in [0.1, 0.15) is 42.1 Å². The van der Waals surface area contributed by atoms with E-state index in [9.17, 15) is 14.7 Å². The van der Waals surface area contributed by atoms with Gasteiger partial charge in [-0.25, -0.2) is 0 Å². The van der Waals surface area contributed by atoms with Crippen molar-refractivity contribution >= 4 is 11.7 Å². The van der Waals surface area contributed by atoms with E-state index in [2.05, 4.69) is 5.32 Å². The van der Waals surface area contributed by atoms with E-state index in [1.165, 1.54) is 6.07 Å². The highest BCUT2D eigenvalue weighted by Gasteiger charge is 2.12. The lowest BCUT2D eigenvalue weighted by atomic mass is 10.0. The largest absolute Gasteiger partial charge is 0.504 e. The summed E-state index contributed by atoms with van der Waals surface area (Å²) in [5, 5.41) is 12.9. The van der Waals surface area contributed by atoms with Crippen LogP contribution < -0.4 is 10.1 Å². The highest BCUT2D eigenvalue weighted by atomic mass is 16.5. The molecule has 0 unspecified atom stereocenters. The van der Waals surface area contributed by atoms with Crippen LogP contribution in [0.25, 0.3) is 0 Å². The van der Waals surface area contributed by atoms with Gasteiger partial charge in [-0.3, -0.25) is 9.59 Å². The Morgan fingerprint density at radius 1 is 1.08 bits per heavy atom. The molecule has 0 saturated heterocycles. The lowest BCUT2D eigenvalue weighted by molar-refractivity contribution is -0.121. The molecule has 0 atom stereocenters. The normalized spacial score (nSPS) is 10.3. The summed E-state index contributed by atoms with van der Waals surface area (Å²) >= 11 is 0. The van der Waals surface area contributed by atoms with E-state index < -0.39 is 0 Å². The fourth-order valence-corrected chi connectivity index (χ4v) is 2.30. The van der Waals surface area contributed by atoms with Gasteiger partial charge < -0.3 is 15.2 Å². The van der Waals surface area contributed by atoms with Crippen LogP contribution in [0.5, 0.6) is 11.5 Å². The molecule has 0 fully saturated rings. The van der Waals surface area contributed by atoms with Crippen molar-refractivity contribution in [3.63, 3.8) is 0 Å². The lowest BCUT2D eigenvalue weighted by Crippen LogP contribution is -2.24. The van der Waals surface area contributed by atoms with Crippen molar-refractivity contribution in [2.75, 3.05) is 13.2 Å². The first-order chi connectivity index (χ1) is 12.1. The minimum absolute atomic E-state index is 0.00141. The number of rotatable bonds is 9. The fourth-order valence-electron chi connectivity index (χ4n) is 2.30. The number of phenolic OH excluding ortho intramolecular Hbond substituents is 1. The van der Waals surface area contributed by atoms with E-state index in [1.807, 2.05) is 13.0 Å². The molecule has 2 aromatic carbocycles. The number of amides is 1. The van der Waals surface area contributed by atoms with Gasteiger partial charge in [-0.05, 0) is 31.0 Å². The van der Waals surface area contributed by atoms with E-state index in [4.69, 9.17) is 4.74 Å². The van der Waals surface area contributed by atoms with Gasteiger partial charge in [0.1, 0.15) is 0 Å².